The minimum absolute atomic E-state index is 0.139. The van der Waals surface area contributed by atoms with Crippen LogP contribution < -0.4 is 10.1 Å². The number of hydrogen-bond donors (Lipinski definition) is 4. The lowest BCUT2D eigenvalue weighted by molar-refractivity contribution is 0.0912. The van der Waals surface area contributed by atoms with Crippen LogP contribution in [0.5, 0.6) is 5.75 Å². The average molecular weight is 492 g/mol. The fourth-order valence-corrected chi connectivity index (χ4v) is 4.07. The monoisotopic (exact) mass is 491 g/mol. The van der Waals surface area contributed by atoms with Gasteiger partial charge in [-0.2, -0.15) is 0 Å². The molecule has 1 aromatic heterocycles. The van der Waals surface area contributed by atoms with E-state index in [9.17, 15) is 18.7 Å². The minimum Gasteiger partial charge on any atom is -0.493 e. The number of aromatic nitrogens is 1. The Kier molecular flexibility index (Phi) is 7.75. The first-order chi connectivity index (χ1) is 17.4. The maximum atomic E-state index is 13.9. The molecule has 0 radical (unpaired) electrons. The Bertz CT molecular complexity index is 1400. The summed E-state index contributed by atoms with van der Waals surface area (Å²) in [6, 6.07) is 13.3. The first kappa shape index (κ1) is 25.1. The van der Waals surface area contributed by atoms with Gasteiger partial charge in [-0.3, -0.25) is 4.79 Å². The van der Waals surface area contributed by atoms with E-state index in [0.29, 0.717) is 28.9 Å². The lowest BCUT2D eigenvalue weighted by atomic mass is 9.99. The molecule has 0 saturated heterocycles. The second-order valence-corrected chi connectivity index (χ2v) is 8.50. The van der Waals surface area contributed by atoms with Crippen LogP contribution >= 0.6 is 0 Å². The Balaban J connectivity index is 1.62. The highest BCUT2D eigenvalue weighted by Crippen LogP contribution is 2.29. The number of amides is 1. The standard InChI is InChI=1S/C28H27F2N3O3/c1-2-9-36-27-8-4-18(17-3-6-25(30)19(10-17)14-31)12-24(27)28(35)33-22(16-34)11-20-15-32-26-7-5-21(29)13-23(20)26/h3-8,10,12-15,22,31-32,34H,2,9,11,16H2,1H3,(H,33,35). The summed E-state index contributed by atoms with van der Waals surface area (Å²) in [6.45, 7) is 2.05. The van der Waals surface area contributed by atoms with Gasteiger partial charge in [0.1, 0.15) is 17.4 Å². The third-order valence-electron chi connectivity index (χ3n) is 5.92. The topological polar surface area (TPSA) is 98.2 Å². The van der Waals surface area contributed by atoms with E-state index in [-0.39, 0.29) is 30.0 Å². The summed E-state index contributed by atoms with van der Waals surface area (Å²) < 4.78 is 33.4. The van der Waals surface area contributed by atoms with Gasteiger partial charge < -0.3 is 25.6 Å². The lowest BCUT2D eigenvalue weighted by Gasteiger charge is -2.18. The molecule has 0 aliphatic rings. The Hall–Kier alpha value is -4.04. The highest BCUT2D eigenvalue weighted by molar-refractivity contribution is 5.98. The number of carbonyl (C=O) groups excluding carboxylic acids is 1. The summed E-state index contributed by atoms with van der Waals surface area (Å²) in [5.74, 6) is -0.923. The van der Waals surface area contributed by atoms with E-state index < -0.39 is 17.8 Å². The maximum Gasteiger partial charge on any atom is 0.255 e. The summed E-state index contributed by atoms with van der Waals surface area (Å²) in [5.41, 5.74) is 3.24. The number of nitrogens with one attached hydrogen (secondary N) is 3. The Morgan fingerprint density at radius 1 is 1.14 bits per heavy atom. The molecule has 0 bridgehead atoms. The van der Waals surface area contributed by atoms with Crippen molar-refractivity contribution in [3.05, 3.63) is 89.1 Å². The van der Waals surface area contributed by atoms with Crippen LogP contribution in [0.25, 0.3) is 22.0 Å². The third-order valence-corrected chi connectivity index (χ3v) is 5.92. The quantitative estimate of drug-likeness (QED) is 0.229. The molecule has 1 amide bonds. The van der Waals surface area contributed by atoms with Crippen LogP contribution in [0.15, 0.2) is 60.8 Å². The smallest absolute Gasteiger partial charge is 0.255 e. The van der Waals surface area contributed by atoms with Gasteiger partial charge in [0.2, 0.25) is 0 Å². The van der Waals surface area contributed by atoms with Gasteiger partial charge >= 0.3 is 0 Å². The molecule has 0 fully saturated rings. The SMILES string of the molecule is CCCOc1ccc(-c2ccc(F)c(C=N)c2)cc1C(=O)NC(CO)Cc1c[nH]c2ccc(F)cc12. The van der Waals surface area contributed by atoms with Crippen molar-refractivity contribution in [2.45, 2.75) is 25.8 Å². The predicted octanol–water partition coefficient (Wildman–Crippen LogP) is 5.23. The first-order valence-electron chi connectivity index (χ1n) is 11.7. The van der Waals surface area contributed by atoms with Crippen molar-refractivity contribution in [1.82, 2.24) is 10.3 Å². The largest absolute Gasteiger partial charge is 0.493 e. The van der Waals surface area contributed by atoms with Crippen molar-refractivity contribution in [3.8, 4) is 16.9 Å². The number of ether oxygens (including phenoxy) is 1. The minimum atomic E-state index is -0.627. The van der Waals surface area contributed by atoms with E-state index in [0.717, 1.165) is 23.7 Å². The molecule has 36 heavy (non-hydrogen) atoms. The van der Waals surface area contributed by atoms with Crippen LogP contribution in [-0.4, -0.2) is 41.5 Å². The van der Waals surface area contributed by atoms with E-state index in [1.165, 1.54) is 18.2 Å². The van der Waals surface area contributed by atoms with Gasteiger partial charge in [0.25, 0.3) is 5.91 Å². The lowest BCUT2D eigenvalue weighted by Crippen LogP contribution is -2.39. The average Bonchev–Trinajstić information content (AvgIpc) is 3.28. The molecule has 0 spiro atoms. The zero-order valence-corrected chi connectivity index (χ0v) is 19.8. The zero-order chi connectivity index (χ0) is 25.7. The maximum absolute atomic E-state index is 13.9. The number of aliphatic hydroxyl groups is 1. The predicted molar refractivity (Wildman–Crippen MR) is 136 cm³/mol. The number of H-pyrrole nitrogens is 1. The molecule has 4 aromatic rings. The molecular formula is C28H27F2N3O3. The summed E-state index contributed by atoms with van der Waals surface area (Å²) in [4.78, 5) is 16.4. The third kappa shape index (κ3) is 5.44. The van der Waals surface area contributed by atoms with Gasteiger partial charge in [-0.1, -0.05) is 19.1 Å². The number of hydrogen-bond acceptors (Lipinski definition) is 4. The van der Waals surface area contributed by atoms with Crippen LogP contribution in [0.1, 0.15) is 34.8 Å². The van der Waals surface area contributed by atoms with Crippen molar-refractivity contribution < 1.29 is 23.4 Å². The van der Waals surface area contributed by atoms with Crippen molar-refractivity contribution >= 4 is 23.0 Å². The molecule has 1 heterocycles. The second kappa shape index (κ2) is 11.1. The Morgan fingerprint density at radius 3 is 2.67 bits per heavy atom. The number of fused-ring (bicyclic) bond motifs is 1. The van der Waals surface area contributed by atoms with E-state index in [2.05, 4.69) is 10.3 Å². The molecule has 1 atom stereocenters. The fraction of sp³-hybridized carbons (Fsp3) is 0.214. The number of carbonyl (C=O) groups is 1. The van der Waals surface area contributed by atoms with Crippen LogP contribution in [-0.2, 0) is 6.42 Å². The van der Waals surface area contributed by atoms with Crippen molar-refractivity contribution in [3.63, 3.8) is 0 Å². The van der Waals surface area contributed by atoms with Crippen LogP contribution in [0.3, 0.4) is 0 Å². The van der Waals surface area contributed by atoms with Gasteiger partial charge in [-0.15, -0.1) is 0 Å². The summed E-state index contributed by atoms with van der Waals surface area (Å²) in [6.07, 6.45) is 3.72. The first-order valence-corrected chi connectivity index (χ1v) is 11.7. The van der Waals surface area contributed by atoms with E-state index in [4.69, 9.17) is 10.1 Å². The number of aliphatic hydroxyl groups excluding tert-OH is 1. The highest BCUT2D eigenvalue weighted by Gasteiger charge is 2.20. The van der Waals surface area contributed by atoms with Gasteiger partial charge in [-0.25, -0.2) is 8.78 Å². The van der Waals surface area contributed by atoms with Gasteiger partial charge in [-0.05, 0) is 72.0 Å². The van der Waals surface area contributed by atoms with Gasteiger partial charge in [0, 0.05) is 28.9 Å². The van der Waals surface area contributed by atoms with E-state index in [1.807, 2.05) is 6.92 Å². The molecule has 8 heteroatoms. The number of aromatic amines is 1. The van der Waals surface area contributed by atoms with Crippen molar-refractivity contribution in [2.75, 3.05) is 13.2 Å². The molecular weight excluding hydrogens is 464 g/mol. The van der Waals surface area contributed by atoms with Crippen molar-refractivity contribution in [2.24, 2.45) is 0 Å². The van der Waals surface area contributed by atoms with Crippen molar-refractivity contribution in [1.29, 1.82) is 5.41 Å². The molecule has 0 aliphatic heterocycles. The molecule has 4 rings (SSSR count). The van der Waals surface area contributed by atoms with E-state index in [1.54, 1.807) is 42.6 Å². The molecule has 0 aliphatic carbocycles. The fourth-order valence-electron chi connectivity index (χ4n) is 4.07. The van der Waals surface area contributed by atoms with Crippen LogP contribution in [0.2, 0.25) is 0 Å². The van der Waals surface area contributed by atoms with Gasteiger partial charge in [0.05, 0.1) is 24.8 Å². The Morgan fingerprint density at radius 2 is 1.92 bits per heavy atom. The zero-order valence-electron chi connectivity index (χ0n) is 19.8. The molecule has 3 aromatic carbocycles. The summed E-state index contributed by atoms with van der Waals surface area (Å²) in [7, 11) is 0. The summed E-state index contributed by atoms with van der Waals surface area (Å²) >= 11 is 0. The van der Waals surface area contributed by atoms with Crippen LogP contribution in [0, 0.1) is 17.0 Å². The number of halogens is 2. The molecule has 4 N–H and O–H groups in total. The highest BCUT2D eigenvalue weighted by atomic mass is 19.1. The molecule has 1 unspecified atom stereocenters. The molecule has 0 saturated carbocycles. The second-order valence-electron chi connectivity index (χ2n) is 8.50. The summed E-state index contributed by atoms with van der Waals surface area (Å²) in [5, 5.41) is 20.9. The van der Waals surface area contributed by atoms with E-state index >= 15 is 0 Å². The molecule has 6 nitrogen and oxygen atoms in total. The molecule has 186 valence electrons. The van der Waals surface area contributed by atoms with Gasteiger partial charge in [0.15, 0.2) is 0 Å². The normalized spacial score (nSPS) is 11.9. The van der Waals surface area contributed by atoms with Crippen LogP contribution in [0.4, 0.5) is 8.78 Å². The Labute approximate surface area is 207 Å². The number of benzene rings is 3. The number of rotatable bonds is 10.